The molecule has 2 aromatic rings. The van der Waals surface area contributed by atoms with Crippen LogP contribution in [0.5, 0.6) is 0 Å². The Morgan fingerprint density at radius 1 is 1.47 bits per heavy atom. The molecule has 0 aliphatic carbocycles. The van der Waals surface area contributed by atoms with Crippen LogP contribution in [0.1, 0.15) is 0 Å². The van der Waals surface area contributed by atoms with E-state index in [0.717, 1.165) is 14.6 Å². The van der Waals surface area contributed by atoms with E-state index in [9.17, 15) is 0 Å². The number of halogens is 1. The molecule has 0 saturated heterocycles. The average Bonchev–Trinajstić information content (AvgIpc) is 2.58. The van der Waals surface area contributed by atoms with Crippen molar-refractivity contribution in [2.24, 2.45) is 4.99 Å². The summed E-state index contributed by atoms with van der Waals surface area (Å²) in [4.78, 5) is 17.5. The van der Waals surface area contributed by atoms with Gasteiger partial charge in [0.05, 0.1) is 11.7 Å². The van der Waals surface area contributed by atoms with Crippen molar-refractivity contribution in [3.8, 4) is 0 Å². The monoisotopic (exact) mass is 315 g/mol. The van der Waals surface area contributed by atoms with Gasteiger partial charge in [0.1, 0.15) is 12.0 Å². The SMILES string of the molecule is CN(C)/C=N\c1ncnc2[nH]cc(I)c12. The van der Waals surface area contributed by atoms with Gasteiger partial charge in [-0.3, -0.25) is 0 Å². The lowest BCUT2D eigenvalue weighted by Crippen LogP contribution is -2.07. The van der Waals surface area contributed by atoms with Crippen molar-refractivity contribution in [3.63, 3.8) is 0 Å². The second-order valence-corrected chi connectivity index (χ2v) is 4.43. The first-order chi connectivity index (χ1) is 7.18. The van der Waals surface area contributed by atoms with Crippen molar-refractivity contribution in [1.82, 2.24) is 19.9 Å². The van der Waals surface area contributed by atoms with Crippen LogP contribution in [-0.2, 0) is 0 Å². The average molecular weight is 315 g/mol. The summed E-state index contributed by atoms with van der Waals surface area (Å²) >= 11 is 2.24. The predicted octanol–water partition coefficient (Wildman–Crippen LogP) is 1.78. The van der Waals surface area contributed by atoms with E-state index >= 15 is 0 Å². The third kappa shape index (κ3) is 2.09. The molecule has 15 heavy (non-hydrogen) atoms. The van der Waals surface area contributed by atoms with Crippen molar-refractivity contribution in [2.75, 3.05) is 14.1 Å². The minimum atomic E-state index is 0.694. The Morgan fingerprint density at radius 3 is 3.00 bits per heavy atom. The minimum Gasteiger partial charge on any atom is -0.369 e. The maximum absolute atomic E-state index is 4.29. The fraction of sp³-hybridized carbons (Fsp3) is 0.222. The highest BCUT2D eigenvalue weighted by Crippen LogP contribution is 2.25. The fourth-order valence-electron chi connectivity index (χ4n) is 1.18. The van der Waals surface area contributed by atoms with E-state index in [4.69, 9.17) is 0 Å². The molecule has 0 aliphatic rings. The smallest absolute Gasteiger partial charge is 0.167 e. The van der Waals surface area contributed by atoms with Crippen LogP contribution in [0.2, 0.25) is 0 Å². The quantitative estimate of drug-likeness (QED) is 0.522. The van der Waals surface area contributed by atoms with E-state index in [0.29, 0.717) is 5.82 Å². The molecule has 0 amide bonds. The van der Waals surface area contributed by atoms with Gasteiger partial charge in [-0.1, -0.05) is 0 Å². The molecule has 6 heteroatoms. The van der Waals surface area contributed by atoms with E-state index in [1.807, 2.05) is 25.2 Å². The van der Waals surface area contributed by atoms with Crippen LogP contribution in [0.3, 0.4) is 0 Å². The summed E-state index contributed by atoms with van der Waals surface area (Å²) in [6.45, 7) is 0. The van der Waals surface area contributed by atoms with Crippen molar-refractivity contribution in [2.45, 2.75) is 0 Å². The molecule has 0 unspecified atom stereocenters. The highest BCUT2D eigenvalue weighted by molar-refractivity contribution is 14.1. The Balaban J connectivity index is 2.55. The van der Waals surface area contributed by atoms with Crippen LogP contribution in [0.25, 0.3) is 11.0 Å². The van der Waals surface area contributed by atoms with Gasteiger partial charge < -0.3 is 9.88 Å². The molecule has 0 bridgehead atoms. The van der Waals surface area contributed by atoms with E-state index in [1.54, 1.807) is 6.34 Å². The standard InChI is InChI=1S/C9H10IN5/c1-15(2)5-14-9-7-6(10)3-11-8(7)12-4-13-9/h3-5H,1-2H3,(H,11,12,13)/b14-5-. The minimum absolute atomic E-state index is 0.694. The first kappa shape index (κ1) is 10.3. The molecule has 0 spiro atoms. The Kier molecular flexibility index (Phi) is 2.85. The van der Waals surface area contributed by atoms with Crippen LogP contribution < -0.4 is 0 Å². The molecule has 0 aromatic carbocycles. The number of hydrogen-bond donors (Lipinski definition) is 1. The molecule has 0 saturated carbocycles. The van der Waals surface area contributed by atoms with Crippen LogP contribution >= 0.6 is 22.6 Å². The van der Waals surface area contributed by atoms with E-state index in [1.165, 1.54) is 6.33 Å². The lowest BCUT2D eigenvalue weighted by Gasteiger charge is -2.02. The van der Waals surface area contributed by atoms with Gasteiger partial charge in [-0.15, -0.1) is 0 Å². The van der Waals surface area contributed by atoms with Gasteiger partial charge in [-0.25, -0.2) is 15.0 Å². The van der Waals surface area contributed by atoms with Crippen LogP contribution in [-0.4, -0.2) is 40.3 Å². The molecule has 78 valence electrons. The molecule has 1 N–H and O–H groups in total. The molecule has 2 heterocycles. The van der Waals surface area contributed by atoms with Crippen LogP contribution in [0.15, 0.2) is 17.5 Å². The van der Waals surface area contributed by atoms with Gasteiger partial charge in [-0.05, 0) is 22.6 Å². The third-order valence-corrected chi connectivity index (χ3v) is 2.66. The van der Waals surface area contributed by atoms with Gasteiger partial charge >= 0.3 is 0 Å². The van der Waals surface area contributed by atoms with Crippen molar-refractivity contribution >= 4 is 45.8 Å². The number of fused-ring (bicyclic) bond motifs is 1. The summed E-state index contributed by atoms with van der Waals surface area (Å²) in [5.74, 6) is 0.694. The number of aliphatic imine (C=N–C) groups is 1. The highest BCUT2D eigenvalue weighted by atomic mass is 127. The fourth-order valence-corrected chi connectivity index (χ4v) is 1.83. The molecule has 5 nitrogen and oxygen atoms in total. The van der Waals surface area contributed by atoms with Crippen LogP contribution in [0, 0.1) is 3.57 Å². The number of hydrogen-bond acceptors (Lipinski definition) is 3. The van der Waals surface area contributed by atoms with Crippen molar-refractivity contribution < 1.29 is 0 Å². The van der Waals surface area contributed by atoms with Gasteiger partial charge in [0.15, 0.2) is 5.82 Å². The largest absolute Gasteiger partial charge is 0.369 e. The first-order valence-electron chi connectivity index (χ1n) is 4.36. The molecule has 2 aromatic heterocycles. The van der Waals surface area contributed by atoms with E-state index in [-0.39, 0.29) is 0 Å². The summed E-state index contributed by atoms with van der Waals surface area (Å²) in [7, 11) is 3.84. The lowest BCUT2D eigenvalue weighted by molar-refractivity contribution is 0.643. The summed E-state index contributed by atoms with van der Waals surface area (Å²) in [6, 6.07) is 0. The van der Waals surface area contributed by atoms with Crippen molar-refractivity contribution in [3.05, 3.63) is 16.1 Å². The topological polar surface area (TPSA) is 57.2 Å². The number of nitrogens with one attached hydrogen (secondary N) is 1. The number of rotatable bonds is 2. The maximum Gasteiger partial charge on any atom is 0.167 e. The first-order valence-corrected chi connectivity index (χ1v) is 5.44. The van der Waals surface area contributed by atoms with Crippen LogP contribution in [0.4, 0.5) is 5.82 Å². The molecule has 0 radical (unpaired) electrons. The number of nitrogens with zero attached hydrogens (tertiary/aromatic N) is 4. The Morgan fingerprint density at radius 2 is 2.27 bits per heavy atom. The molecule has 0 fully saturated rings. The third-order valence-electron chi connectivity index (χ3n) is 1.81. The summed E-state index contributed by atoms with van der Waals surface area (Å²) in [5.41, 5.74) is 0.820. The zero-order valence-electron chi connectivity index (χ0n) is 8.40. The normalized spacial score (nSPS) is 11.4. The lowest BCUT2D eigenvalue weighted by atomic mass is 10.4. The molecule has 2 rings (SSSR count). The van der Waals surface area contributed by atoms with Gasteiger partial charge in [-0.2, -0.15) is 0 Å². The van der Waals surface area contributed by atoms with Gasteiger partial charge in [0.25, 0.3) is 0 Å². The number of aromatic amines is 1. The second-order valence-electron chi connectivity index (χ2n) is 3.27. The van der Waals surface area contributed by atoms with E-state index in [2.05, 4.69) is 42.5 Å². The summed E-state index contributed by atoms with van der Waals surface area (Å²) < 4.78 is 1.08. The molecular formula is C9H10IN5. The van der Waals surface area contributed by atoms with Crippen molar-refractivity contribution in [1.29, 1.82) is 0 Å². The van der Waals surface area contributed by atoms with E-state index < -0.39 is 0 Å². The Labute approximate surface area is 101 Å². The maximum atomic E-state index is 4.29. The molecular weight excluding hydrogens is 305 g/mol. The predicted molar refractivity (Wildman–Crippen MR) is 68.4 cm³/mol. The Bertz CT molecular complexity index is 502. The second kappa shape index (κ2) is 4.13. The zero-order valence-corrected chi connectivity index (χ0v) is 10.6. The summed E-state index contributed by atoms with van der Waals surface area (Å²) in [5, 5.41) is 0.969. The molecule has 0 aliphatic heterocycles. The summed E-state index contributed by atoms with van der Waals surface area (Å²) in [6.07, 6.45) is 5.14. The zero-order chi connectivity index (χ0) is 10.8. The number of aromatic nitrogens is 3. The Hall–Kier alpha value is -1.18. The van der Waals surface area contributed by atoms with Gasteiger partial charge in [0.2, 0.25) is 0 Å². The molecule has 0 atom stereocenters. The highest BCUT2D eigenvalue weighted by Gasteiger charge is 2.07. The van der Waals surface area contributed by atoms with Gasteiger partial charge in [0, 0.05) is 23.9 Å². The number of H-pyrrole nitrogens is 1.